The van der Waals surface area contributed by atoms with Crippen LogP contribution in [0.25, 0.3) is 0 Å². The van der Waals surface area contributed by atoms with Crippen molar-refractivity contribution in [2.45, 2.75) is 13.0 Å². The Morgan fingerprint density at radius 3 is 2.86 bits per heavy atom. The summed E-state index contributed by atoms with van der Waals surface area (Å²) in [5, 5.41) is 14.0. The first kappa shape index (κ1) is 19.4. The summed E-state index contributed by atoms with van der Waals surface area (Å²) in [5.74, 6) is -1.12. The molecule has 1 aromatic heterocycles. The highest BCUT2D eigenvalue weighted by atomic mass is 35.5. The molecule has 1 unspecified atom stereocenters. The van der Waals surface area contributed by atoms with Gasteiger partial charge in [-0.25, -0.2) is 0 Å². The zero-order chi connectivity index (χ0) is 20.4. The van der Waals surface area contributed by atoms with E-state index < -0.39 is 35.2 Å². The zero-order valence-corrected chi connectivity index (χ0v) is 15.6. The van der Waals surface area contributed by atoms with E-state index in [1.54, 1.807) is 12.1 Å². The van der Waals surface area contributed by atoms with Crippen molar-refractivity contribution in [3.05, 3.63) is 45.5 Å². The Kier molecular flexibility index (Phi) is 5.32. The monoisotopic (exact) mass is 406 g/mol. The van der Waals surface area contributed by atoms with E-state index in [0.29, 0.717) is 16.5 Å². The molecule has 1 atom stereocenters. The van der Waals surface area contributed by atoms with Gasteiger partial charge in [0, 0.05) is 11.1 Å². The summed E-state index contributed by atoms with van der Waals surface area (Å²) in [6.45, 7) is 1.08. The fourth-order valence-electron chi connectivity index (χ4n) is 2.64. The maximum Gasteiger partial charge on any atom is 0.366 e. The Morgan fingerprint density at radius 2 is 2.18 bits per heavy atom. The lowest BCUT2D eigenvalue weighted by atomic mass is 10.2. The number of amides is 2. The van der Waals surface area contributed by atoms with Crippen LogP contribution < -0.4 is 19.7 Å². The van der Waals surface area contributed by atoms with Crippen LogP contribution in [0.4, 0.5) is 17.3 Å². The first-order chi connectivity index (χ1) is 13.3. The van der Waals surface area contributed by atoms with Gasteiger partial charge in [0.2, 0.25) is 5.91 Å². The quantitative estimate of drug-likeness (QED) is 0.597. The van der Waals surface area contributed by atoms with E-state index in [4.69, 9.17) is 21.1 Å². The predicted octanol–water partition coefficient (Wildman–Crippen LogP) is 2.40. The smallest absolute Gasteiger partial charge is 0.366 e. The van der Waals surface area contributed by atoms with Crippen LogP contribution in [-0.2, 0) is 9.59 Å². The average Bonchev–Trinajstić information content (AvgIpc) is 2.65. The number of methoxy groups -OCH3 is 1. The first-order valence-corrected chi connectivity index (χ1v) is 8.45. The van der Waals surface area contributed by atoms with Crippen molar-refractivity contribution in [2.75, 3.05) is 23.9 Å². The van der Waals surface area contributed by atoms with Crippen LogP contribution in [0.3, 0.4) is 0 Å². The molecule has 146 valence electrons. The fourth-order valence-corrected chi connectivity index (χ4v) is 2.81. The lowest BCUT2D eigenvalue weighted by Crippen LogP contribution is -2.48. The lowest BCUT2D eigenvalue weighted by Gasteiger charge is -2.28. The second kappa shape index (κ2) is 7.69. The van der Waals surface area contributed by atoms with Crippen LogP contribution in [0, 0.1) is 10.1 Å². The van der Waals surface area contributed by atoms with Gasteiger partial charge in [-0.15, -0.1) is 0 Å². The van der Waals surface area contributed by atoms with Gasteiger partial charge < -0.3 is 24.9 Å². The highest BCUT2D eigenvalue weighted by Gasteiger charge is 2.37. The molecule has 0 spiro atoms. The van der Waals surface area contributed by atoms with Gasteiger partial charge in [0.25, 0.3) is 11.7 Å². The molecule has 11 heteroatoms. The predicted molar refractivity (Wildman–Crippen MR) is 100.0 cm³/mol. The summed E-state index contributed by atoms with van der Waals surface area (Å²) in [4.78, 5) is 40.2. The van der Waals surface area contributed by atoms with E-state index in [1.807, 2.05) is 0 Å². The van der Waals surface area contributed by atoms with E-state index in [0.717, 1.165) is 11.0 Å². The molecule has 0 bridgehead atoms. The number of nitrogens with one attached hydrogen (secondary N) is 1. The lowest BCUT2D eigenvalue weighted by molar-refractivity contribution is -0.389. The van der Waals surface area contributed by atoms with Crippen molar-refractivity contribution in [2.24, 2.45) is 0 Å². The molecule has 2 heterocycles. The van der Waals surface area contributed by atoms with Gasteiger partial charge in [-0.1, -0.05) is 11.6 Å². The molecule has 2 aromatic rings. The van der Waals surface area contributed by atoms with Crippen molar-refractivity contribution in [3.8, 4) is 11.5 Å². The van der Waals surface area contributed by atoms with Gasteiger partial charge in [-0.3, -0.25) is 14.5 Å². The second-order valence-electron chi connectivity index (χ2n) is 5.83. The van der Waals surface area contributed by atoms with E-state index in [-0.39, 0.29) is 11.6 Å². The van der Waals surface area contributed by atoms with Crippen molar-refractivity contribution in [1.29, 1.82) is 0 Å². The molecular weight excluding hydrogens is 392 g/mol. The van der Waals surface area contributed by atoms with Gasteiger partial charge in [-0.05, 0) is 41.1 Å². The van der Waals surface area contributed by atoms with Crippen LogP contribution in [0.15, 0.2) is 30.3 Å². The summed E-state index contributed by atoms with van der Waals surface area (Å²) >= 11 is 5.94. The number of carbonyl (C=O) groups is 2. The molecule has 0 aliphatic carbocycles. The maximum atomic E-state index is 12.5. The summed E-state index contributed by atoms with van der Waals surface area (Å²) in [7, 11) is 1.44. The number of hydrogen-bond acceptors (Lipinski definition) is 7. The standard InChI is InChI=1S/C17H15ClN4O6/c1-9-17(24)21(16-13(28-9)5-6-14(20-16)22(25)26)8-15(23)19-11-7-10(18)3-4-12(11)27-2/h3-7,9H,8H2,1-2H3,(H,19,23). The number of halogens is 1. The minimum atomic E-state index is -0.871. The number of rotatable bonds is 5. The normalized spacial score (nSPS) is 15.5. The molecule has 0 saturated carbocycles. The van der Waals surface area contributed by atoms with Crippen LogP contribution in [-0.4, -0.2) is 41.5 Å². The molecule has 1 aromatic carbocycles. The van der Waals surface area contributed by atoms with E-state index >= 15 is 0 Å². The number of ether oxygens (including phenoxy) is 2. The van der Waals surface area contributed by atoms with Gasteiger partial charge >= 0.3 is 5.82 Å². The number of benzene rings is 1. The number of pyridine rings is 1. The van der Waals surface area contributed by atoms with E-state index in [1.165, 1.54) is 26.2 Å². The summed E-state index contributed by atoms with van der Waals surface area (Å²) in [6, 6.07) is 7.19. The minimum Gasteiger partial charge on any atom is -0.495 e. The fraction of sp³-hybridized carbons (Fsp3) is 0.235. The van der Waals surface area contributed by atoms with Crippen molar-refractivity contribution >= 4 is 40.7 Å². The third kappa shape index (κ3) is 3.81. The first-order valence-electron chi connectivity index (χ1n) is 8.07. The van der Waals surface area contributed by atoms with Crippen LogP contribution in [0.2, 0.25) is 5.02 Å². The van der Waals surface area contributed by atoms with Gasteiger partial charge in [0.15, 0.2) is 11.9 Å². The SMILES string of the molecule is COc1ccc(Cl)cc1NC(=O)CN1C(=O)C(C)Oc2ccc([N+](=O)[O-])nc21. The molecule has 0 fully saturated rings. The summed E-state index contributed by atoms with van der Waals surface area (Å²) in [6.07, 6.45) is -0.871. The van der Waals surface area contributed by atoms with Crippen LogP contribution >= 0.6 is 11.6 Å². The Hall–Kier alpha value is -3.40. The summed E-state index contributed by atoms with van der Waals surface area (Å²) < 4.78 is 10.6. The number of fused-ring (bicyclic) bond motifs is 1. The summed E-state index contributed by atoms with van der Waals surface area (Å²) in [5.41, 5.74) is 0.320. The number of nitro groups is 1. The van der Waals surface area contributed by atoms with Crippen molar-refractivity contribution < 1.29 is 24.0 Å². The second-order valence-corrected chi connectivity index (χ2v) is 6.26. The van der Waals surface area contributed by atoms with Gasteiger partial charge in [0.1, 0.15) is 12.3 Å². The molecule has 28 heavy (non-hydrogen) atoms. The molecular formula is C17H15ClN4O6. The molecule has 3 rings (SSSR count). The number of nitrogens with zero attached hydrogens (tertiary/aromatic N) is 3. The Labute approximate surface area is 164 Å². The highest BCUT2D eigenvalue weighted by Crippen LogP contribution is 2.34. The topological polar surface area (TPSA) is 124 Å². The van der Waals surface area contributed by atoms with Crippen LogP contribution in [0.5, 0.6) is 11.5 Å². The number of carbonyl (C=O) groups excluding carboxylic acids is 2. The maximum absolute atomic E-state index is 12.5. The molecule has 1 aliphatic rings. The molecule has 0 radical (unpaired) electrons. The number of hydrogen-bond donors (Lipinski definition) is 1. The van der Waals surface area contributed by atoms with Gasteiger partial charge in [-0.2, -0.15) is 0 Å². The zero-order valence-electron chi connectivity index (χ0n) is 14.8. The average molecular weight is 407 g/mol. The Morgan fingerprint density at radius 1 is 1.43 bits per heavy atom. The third-order valence-electron chi connectivity index (χ3n) is 3.92. The number of anilines is 2. The molecule has 0 saturated heterocycles. The number of aromatic nitrogens is 1. The highest BCUT2D eigenvalue weighted by molar-refractivity contribution is 6.31. The molecule has 1 aliphatic heterocycles. The molecule has 2 amide bonds. The van der Waals surface area contributed by atoms with Crippen molar-refractivity contribution in [3.63, 3.8) is 0 Å². The van der Waals surface area contributed by atoms with Gasteiger partial charge in [0.05, 0.1) is 12.8 Å². The van der Waals surface area contributed by atoms with Crippen LogP contribution in [0.1, 0.15) is 6.92 Å². The van der Waals surface area contributed by atoms with Crippen molar-refractivity contribution in [1.82, 2.24) is 4.98 Å². The Bertz CT molecular complexity index is 967. The largest absolute Gasteiger partial charge is 0.495 e. The molecule has 1 N–H and O–H groups in total. The van der Waals surface area contributed by atoms with E-state index in [2.05, 4.69) is 10.3 Å². The Balaban J connectivity index is 1.88. The minimum absolute atomic E-state index is 0.0921. The van der Waals surface area contributed by atoms with E-state index in [9.17, 15) is 19.7 Å². The third-order valence-corrected chi connectivity index (χ3v) is 4.16. The molecule has 10 nitrogen and oxygen atoms in total.